The number of rotatable bonds is 7. The van der Waals surface area contributed by atoms with Crippen LogP contribution in [0.1, 0.15) is 18.1 Å². The molecule has 0 saturated heterocycles. The van der Waals surface area contributed by atoms with E-state index >= 15 is 0 Å². The van der Waals surface area contributed by atoms with Crippen molar-refractivity contribution in [2.24, 2.45) is 0 Å². The molecule has 0 spiro atoms. The quantitative estimate of drug-likeness (QED) is 0.324. The third kappa shape index (κ3) is 7.71. The van der Waals surface area contributed by atoms with Crippen LogP contribution in [0.25, 0.3) is 0 Å². The van der Waals surface area contributed by atoms with E-state index in [1.165, 1.54) is 0 Å². The van der Waals surface area contributed by atoms with Gasteiger partial charge in [-0.3, -0.25) is 15.5 Å². The van der Waals surface area contributed by atoms with Crippen molar-refractivity contribution in [3.63, 3.8) is 0 Å². The molecule has 0 aromatic heterocycles. The highest BCUT2D eigenvalue weighted by Gasteiger charge is 2.10. The van der Waals surface area contributed by atoms with Crippen LogP contribution in [0.3, 0.4) is 0 Å². The number of nitrogens with one attached hydrogen (secondary N) is 4. The van der Waals surface area contributed by atoms with E-state index in [1.54, 1.807) is 31.2 Å². The molecule has 9 heteroatoms. The molecule has 0 fully saturated rings. The van der Waals surface area contributed by atoms with Gasteiger partial charge in [0.1, 0.15) is 19.0 Å². The van der Waals surface area contributed by atoms with Crippen LogP contribution in [-0.4, -0.2) is 37.1 Å². The van der Waals surface area contributed by atoms with E-state index in [1.807, 2.05) is 30.3 Å². The topological polar surface area (TPSA) is 130 Å². The van der Waals surface area contributed by atoms with Gasteiger partial charge in [0.15, 0.2) is 0 Å². The van der Waals surface area contributed by atoms with Gasteiger partial charge in [0, 0.05) is 11.3 Å². The van der Waals surface area contributed by atoms with Crippen molar-refractivity contribution < 1.29 is 23.9 Å². The van der Waals surface area contributed by atoms with Crippen LogP contribution in [0.5, 0.6) is 0 Å². The van der Waals surface area contributed by atoms with Crippen molar-refractivity contribution in [2.75, 3.05) is 18.5 Å². The van der Waals surface area contributed by atoms with Gasteiger partial charge in [0.25, 0.3) is 0 Å². The number of esters is 1. The summed E-state index contributed by atoms with van der Waals surface area (Å²) in [4.78, 5) is 34.7. The number of benzene rings is 2. The Bertz CT molecular complexity index is 853. The maximum atomic E-state index is 11.8. The standard InChI is InChI=1S/C20H22N4O5/c1-2-28-17(25)12-22-19(26)23-16-10-8-15(9-11-16)18(21)24-20(27)29-13-14-6-4-3-5-7-14/h3-11H,2,12-13H2,1H3,(H2,21,24,27)(H2,22,23,26). The molecular formula is C20H22N4O5. The minimum atomic E-state index is -0.737. The molecule has 0 aliphatic rings. The molecule has 2 aromatic carbocycles. The summed E-state index contributed by atoms with van der Waals surface area (Å²) in [5.74, 6) is -0.668. The zero-order chi connectivity index (χ0) is 21.1. The normalized spacial score (nSPS) is 9.83. The van der Waals surface area contributed by atoms with Crippen LogP contribution < -0.4 is 16.0 Å². The first-order valence-electron chi connectivity index (χ1n) is 8.85. The Morgan fingerprint density at radius 1 is 0.966 bits per heavy atom. The number of amides is 3. The van der Waals surface area contributed by atoms with Gasteiger partial charge < -0.3 is 20.1 Å². The lowest BCUT2D eigenvalue weighted by Crippen LogP contribution is -2.34. The number of urea groups is 1. The van der Waals surface area contributed by atoms with Crippen molar-refractivity contribution in [1.29, 1.82) is 5.41 Å². The van der Waals surface area contributed by atoms with E-state index in [0.717, 1.165) is 5.56 Å². The molecule has 0 saturated carbocycles. The van der Waals surface area contributed by atoms with Crippen LogP contribution in [0.15, 0.2) is 54.6 Å². The first-order chi connectivity index (χ1) is 14.0. The maximum absolute atomic E-state index is 11.8. The molecule has 0 unspecified atom stereocenters. The molecule has 3 amide bonds. The van der Waals surface area contributed by atoms with Crippen LogP contribution in [0, 0.1) is 5.41 Å². The average molecular weight is 398 g/mol. The van der Waals surface area contributed by atoms with Gasteiger partial charge in [-0.2, -0.15) is 0 Å². The summed E-state index contributed by atoms with van der Waals surface area (Å²) in [6, 6.07) is 14.9. The van der Waals surface area contributed by atoms with Crippen molar-refractivity contribution in [3.8, 4) is 0 Å². The second-order valence-corrected chi connectivity index (χ2v) is 5.75. The molecule has 0 radical (unpaired) electrons. The van der Waals surface area contributed by atoms with Gasteiger partial charge in [-0.05, 0) is 36.8 Å². The number of hydrogen-bond acceptors (Lipinski definition) is 6. The van der Waals surface area contributed by atoms with Crippen molar-refractivity contribution in [3.05, 3.63) is 65.7 Å². The largest absolute Gasteiger partial charge is 0.465 e. The Balaban J connectivity index is 1.78. The van der Waals surface area contributed by atoms with E-state index in [9.17, 15) is 14.4 Å². The van der Waals surface area contributed by atoms with Gasteiger partial charge in [0.05, 0.1) is 6.61 Å². The summed E-state index contributed by atoms with van der Waals surface area (Å²) < 4.78 is 9.78. The van der Waals surface area contributed by atoms with Crippen LogP contribution >= 0.6 is 0 Å². The van der Waals surface area contributed by atoms with Gasteiger partial charge in [-0.15, -0.1) is 0 Å². The van der Waals surface area contributed by atoms with Gasteiger partial charge >= 0.3 is 18.1 Å². The highest BCUT2D eigenvalue weighted by molar-refractivity contribution is 6.04. The molecule has 2 rings (SSSR count). The lowest BCUT2D eigenvalue weighted by molar-refractivity contribution is -0.141. The molecule has 0 aliphatic heterocycles. The first kappa shape index (κ1) is 21.4. The third-order valence-electron chi connectivity index (χ3n) is 3.57. The smallest absolute Gasteiger partial charge is 0.413 e. The molecule has 0 aliphatic carbocycles. The van der Waals surface area contributed by atoms with Gasteiger partial charge in [-0.1, -0.05) is 30.3 Å². The Morgan fingerprint density at radius 3 is 2.31 bits per heavy atom. The Kier molecular flexibility index (Phi) is 8.18. The number of amidine groups is 1. The van der Waals surface area contributed by atoms with Crippen molar-refractivity contribution in [2.45, 2.75) is 13.5 Å². The zero-order valence-electron chi connectivity index (χ0n) is 15.9. The Labute approximate surface area is 167 Å². The lowest BCUT2D eigenvalue weighted by atomic mass is 10.2. The average Bonchev–Trinajstić information content (AvgIpc) is 2.72. The first-order valence-corrected chi connectivity index (χ1v) is 8.85. The highest BCUT2D eigenvalue weighted by atomic mass is 16.5. The Hall–Kier alpha value is -3.88. The monoisotopic (exact) mass is 398 g/mol. The Morgan fingerprint density at radius 2 is 1.66 bits per heavy atom. The fraction of sp³-hybridized carbons (Fsp3) is 0.200. The molecule has 0 heterocycles. The van der Waals surface area contributed by atoms with Gasteiger partial charge in [-0.25, -0.2) is 9.59 Å². The van der Waals surface area contributed by atoms with Crippen LogP contribution in [-0.2, 0) is 20.9 Å². The lowest BCUT2D eigenvalue weighted by Gasteiger charge is -2.10. The number of carbonyl (C=O) groups is 3. The number of anilines is 1. The number of ether oxygens (including phenoxy) is 2. The summed E-state index contributed by atoms with van der Waals surface area (Å²) in [5, 5.41) is 15.2. The van der Waals surface area contributed by atoms with E-state index in [2.05, 4.69) is 16.0 Å². The summed E-state index contributed by atoms with van der Waals surface area (Å²) in [6.45, 7) is 1.78. The second-order valence-electron chi connectivity index (χ2n) is 5.75. The summed E-state index contributed by atoms with van der Waals surface area (Å²) in [6.07, 6.45) is -0.737. The molecule has 152 valence electrons. The van der Waals surface area contributed by atoms with E-state index in [4.69, 9.17) is 14.9 Å². The van der Waals surface area contributed by atoms with E-state index < -0.39 is 18.1 Å². The number of carbonyl (C=O) groups excluding carboxylic acids is 3. The second kappa shape index (κ2) is 11.1. The predicted octanol–water partition coefficient (Wildman–Crippen LogP) is 2.62. The zero-order valence-corrected chi connectivity index (χ0v) is 15.9. The number of hydrogen-bond donors (Lipinski definition) is 4. The summed E-state index contributed by atoms with van der Waals surface area (Å²) in [7, 11) is 0. The van der Waals surface area contributed by atoms with Gasteiger partial charge in [0.2, 0.25) is 0 Å². The highest BCUT2D eigenvalue weighted by Crippen LogP contribution is 2.09. The molecule has 29 heavy (non-hydrogen) atoms. The summed E-state index contributed by atoms with van der Waals surface area (Å²) >= 11 is 0. The van der Waals surface area contributed by atoms with E-state index in [-0.39, 0.29) is 25.6 Å². The fourth-order valence-electron chi connectivity index (χ4n) is 2.19. The number of alkyl carbamates (subject to hydrolysis) is 1. The fourth-order valence-corrected chi connectivity index (χ4v) is 2.19. The molecule has 9 nitrogen and oxygen atoms in total. The molecular weight excluding hydrogens is 376 g/mol. The minimum Gasteiger partial charge on any atom is -0.465 e. The van der Waals surface area contributed by atoms with Crippen LogP contribution in [0.2, 0.25) is 0 Å². The molecule has 4 N–H and O–H groups in total. The predicted molar refractivity (Wildman–Crippen MR) is 107 cm³/mol. The maximum Gasteiger partial charge on any atom is 0.413 e. The SMILES string of the molecule is CCOC(=O)CNC(=O)Nc1ccc(C(=N)NC(=O)OCc2ccccc2)cc1. The van der Waals surface area contributed by atoms with Crippen molar-refractivity contribution >= 4 is 29.6 Å². The molecule has 0 bridgehead atoms. The minimum absolute atomic E-state index is 0.101. The molecule has 0 atom stereocenters. The van der Waals surface area contributed by atoms with E-state index in [0.29, 0.717) is 11.3 Å². The third-order valence-corrected chi connectivity index (χ3v) is 3.57. The van der Waals surface area contributed by atoms with Crippen LogP contribution in [0.4, 0.5) is 15.3 Å². The molecule has 2 aromatic rings. The van der Waals surface area contributed by atoms with Crippen molar-refractivity contribution in [1.82, 2.24) is 10.6 Å². The summed E-state index contributed by atoms with van der Waals surface area (Å²) in [5.41, 5.74) is 1.72.